The van der Waals surface area contributed by atoms with Gasteiger partial charge in [0.2, 0.25) is 0 Å². The average Bonchev–Trinajstić information content (AvgIpc) is 2.04. The fourth-order valence-corrected chi connectivity index (χ4v) is 1.43. The molecule has 0 aliphatic heterocycles. The van der Waals surface area contributed by atoms with Crippen molar-refractivity contribution in [1.82, 2.24) is 0 Å². The lowest BCUT2D eigenvalue weighted by atomic mass is 10.0. The molecule has 0 N–H and O–H groups in total. The fourth-order valence-electron chi connectivity index (χ4n) is 1.43. The normalized spacial score (nSPS) is 10.1. The highest BCUT2D eigenvalue weighted by atomic mass is 16.6. The molecule has 0 bridgehead atoms. The van der Waals surface area contributed by atoms with Gasteiger partial charge in [0.25, 0.3) is 5.69 Å². The number of hydrogen-bond acceptors (Lipinski definition) is 2. The summed E-state index contributed by atoms with van der Waals surface area (Å²) in [4.78, 5) is 10.4. The van der Waals surface area contributed by atoms with Gasteiger partial charge in [-0.25, -0.2) is 0 Å². The molecule has 0 saturated carbocycles. The lowest BCUT2D eigenvalue weighted by Gasteiger charge is -2.05. The van der Waals surface area contributed by atoms with Gasteiger partial charge in [0.15, 0.2) is 0 Å². The van der Waals surface area contributed by atoms with E-state index in [4.69, 9.17) is 0 Å². The molecule has 0 heterocycles. The van der Waals surface area contributed by atoms with Crippen LogP contribution in [-0.4, -0.2) is 4.92 Å². The summed E-state index contributed by atoms with van der Waals surface area (Å²) < 4.78 is 0. The molecule has 3 heteroatoms. The third-order valence-corrected chi connectivity index (χ3v) is 2.20. The first kappa shape index (κ1) is 9.71. The molecule has 0 spiro atoms. The summed E-state index contributed by atoms with van der Waals surface area (Å²) in [6, 6.07) is 3.66. The van der Waals surface area contributed by atoms with Crippen LogP contribution in [0.1, 0.15) is 16.7 Å². The second-order valence-corrected chi connectivity index (χ2v) is 3.02. The zero-order valence-electron chi connectivity index (χ0n) is 7.83. The van der Waals surface area contributed by atoms with Gasteiger partial charge in [0.05, 0.1) is 4.92 Å². The molecular formula is C10H12NO2. The van der Waals surface area contributed by atoms with Crippen molar-refractivity contribution in [3.63, 3.8) is 0 Å². The van der Waals surface area contributed by atoms with Crippen LogP contribution in [-0.2, 0) is 6.42 Å². The van der Waals surface area contributed by atoms with E-state index in [1.54, 1.807) is 19.9 Å². The lowest BCUT2D eigenvalue weighted by Crippen LogP contribution is -1.98. The van der Waals surface area contributed by atoms with Gasteiger partial charge in [-0.1, -0.05) is 12.1 Å². The number of nitro benzene ring substituents is 1. The molecule has 0 aliphatic carbocycles. The smallest absolute Gasteiger partial charge is 0.258 e. The molecule has 0 atom stereocenters. The molecule has 3 nitrogen and oxygen atoms in total. The average molecular weight is 178 g/mol. The number of nitrogens with zero attached hydrogens (tertiary/aromatic N) is 1. The first-order valence-corrected chi connectivity index (χ1v) is 4.10. The molecule has 0 unspecified atom stereocenters. The summed E-state index contributed by atoms with van der Waals surface area (Å²) in [6.07, 6.45) is 0.590. The standard InChI is InChI=1S/C10H12NO2/c1-4-9-6-5-7(2)10(8(9)3)11(12)13/h5-6H,1,4H2,2-3H3. The predicted octanol–water partition coefficient (Wildman–Crippen LogP) is 2.59. The second-order valence-electron chi connectivity index (χ2n) is 3.02. The number of nitro groups is 1. The van der Waals surface area contributed by atoms with Gasteiger partial charge >= 0.3 is 0 Å². The van der Waals surface area contributed by atoms with E-state index < -0.39 is 0 Å². The molecule has 0 saturated heterocycles. The van der Waals surface area contributed by atoms with E-state index in [0.29, 0.717) is 12.0 Å². The van der Waals surface area contributed by atoms with Crippen molar-refractivity contribution in [3.8, 4) is 0 Å². The Bertz CT molecular complexity index is 345. The summed E-state index contributed by atoms with van der Waals surface area (Å²) in [5.74, 6) is 0. The highest BCUT2D eigenvalue weighted by Gasteiger charge is 2.15. The summed E-state index contributed by atoms with van der Waals surface area (Å²) >= 11 is 0. The minimum Gasteiger partial charge on any atom is -0.258 e. The second kappa shape index (κ2) is 3.56. The van der Waals surface area contributed by atoms with E-state index in [1.807, 2.05) is 6.07 Å². The van der Waals surface area contributed by atoms with Gasteiger partial charge in [-0.3, -0.25) is 10.1 Å². The maximum atomic E-state index is 10.7. The molecule has 69 valence electrons. The molecule has 0 amide bonds. The zero-order chi connectivity index (χ0) is 10.0. The number of aryl methyl sites for hydroxylation is 1. The third kappa shape index (κ3) is 1.69. The Balaban J connectivity index is 3.38. The molecule has 13 heavy (non-hydrogen) atoms. The van der Waals surface area contributed by atoms with E-state index in [1.165, 1.54) is 0 Å². The molecule has 1 rings (SSSR count). The molecule has 1 aromatic carbocycles. The van der Waals surface area contributed by atoms with Gasteiger partial charge < -0.3 is 0 Å². The Kier molecular flexibility index (Phi) is 2.66. The Hall–Kier alpha value is -1.38. The van der Waals surface area contributed by atoms with Gasteiger partial charge in [-0.05, 0) is 32.8 Å². The van der Waals surface area contributed by atoms with Crippen molar-refractivity contribution in [2.75, 3.05) is 0 Å². The monoisotopic (exact) mass is 178 g/mol. The van der Waals surface area contributed by atoms with Crippen LogP contribution in [0.5, 0.6) is 0 Å². The van der Waals surface area contributed by atoms with Crippen LogP contribution >= 0.6 is 0 Å². The van der Waals surface area contributed by atoms with Crippen molar-refractivity contribution in [1.29, 1.82) is 0 Å². The Morgan fingerprint density at radius 3 is 2.54 bits per heavy atom. The van der Waals surface area contributed by atoms with Crippen LogP contribution in [0.25, 0.3) is 0 Å². The van der Waals surface area contributed by atoms with Gasteiger partial charge in [0.1, 0.15) is 0 Å². The van der Waals surface area contributed by atoms with E-state index in [0.717, 1.165) is 11.1 Å². The number of hydrogen-bond donors (Lipinski definition) is 0. The summed E-state index contributed by atoms with van der Waals surface area (Å²) in [7, 11) is 0. The summed E-state index contributed by atoms with van der Waals surface area (Å²) in [6.45, 7) is 7.24. The van der Waals surface area contributed by atoms with Gasteiger partial charge in [-0.15, -0.1) is 0 Å². The zero-order valence-corrected chi connectivity index (χ0v) is 7.83. The fraction of sp³-hybridized carbons (Fsp3) is 0.300. The predicted molar refractivity (Wildman–Crippen MR) is 51.6 cm³/mol. The van der Waals surface area contributed by atoms with E-state index >= 15 is 0 Å². The Labute approximate surface area is 77.5 Å². The third-order valence-electron chi connectivity index (χ3n) is 2.20. The van der Waals surface area contributed by atoms with Crippen molar-refractivity contribution in [3.05, 3.63) is 45.9 Å². The van der Waals surface area contributed by atoms with E-state index in [9.17, 15) is 10.1 Å². The Morgan fingerprint density at radius 1 is 1.46 bits per heavy atom. The maximum absolute atomic E-state index is 10.7. The quantitative estimate of drug-likeness (QED) is 0.516. The van der Waals surface area contributed by atoms with Gasteiger partial charge in [-0.2, -0.15) is 0 Å². The van der Waals surface area contributed by atoms with E-state index in [-0.39, 0.29) is 10.6 Å². The van der Waals surface area contributed by atoms with Crippen molar-refractivity contribution in [2.45, 2.75) is 20.3 Å². The topological polar surface area (TPSA) is 43.1 Å². The van der Waals surface area contributed by atoms with Crippen LogP contribution in [0.3, 0.4) is 0 Å². The van der Waals surface area contributed by atoms with Crippen LogP contribution in [0.15, 0.2) is 12.1 Å². The van der Waals surface area contributed by atoms with E-state index in [2.05, 4.69) is 6.92 Å². The lowest BCUT2D eigenvalue weighted by molar-refractivity contribution is -0.386. The first-order chi connectivity index (χ1) is 6.07. The molecule has 0 aliphatic rings. The SMILES string of the molecule is [CH2]Cc1ccc(C)c([N+](=O)[O-])c1C. The molecule has 0 aromatic heterocycles. The van der Waals surface area contributed by atoms with Crippen LogP contribution < -0.4 is 0 Å². The van der Waals surface area contributed by atoms with Crippen LogP contribution in [0, 0.1) is 30.9 Å². The molecule has 1 radical (unpaired) electrons. The van der Waals surface area contributed by atoms with Crippen molar-refractivity contribution < 1.29 is 4.92 Å². The molecule has 0 fully saturated rings. The highest BCUT2D eigenvalue weighted by molar-refractivity contribution is 5.50. The minimum atomic E-state index is -0.330. The summed E-state index contributed by atoms with van der Waals surface area (Å²) in [5.41, 5.74) is 2.61. The Morgan fingerprint density at radius 2 is 2.08 bits per heavy atom. The maximum Gasteiger partial charge on any atom is 0.275 e. The van der Waals surface area contributed by atoms with Crippen LogP contribution in [0.4, 0.5) is 5.69 Å². The largest absolute Gasteiger partial charge is 0.275 e. The van der Waals surface area contributed by atoms with Crippen molar-refractivity contribution >= 4 is 5.69 Å². The summed E-state index contributed by atoms with van der Waals surface area (Å²) in [5, 5.41) is 10.7. The molecule has 1 aromatic rings. The van der Waals surface area contributed by atoms with Crippen molar-refractivity contribution in [2.24, 2.45) is 0 Å². The number of benzene rings is 1. The minimum absolute atomic E-state index is 0.223. The van der Waals surface area contributed by atoms with Crippen LogP contribution in [0.2, 0.25) is 0 Å². The molecular weight excluding hydrogens is 166 g/mol. The first-order valence-electron chi connectivity index (χ1n) is 4.10. The van der Waals surface area contributed by atoms with Gasteiger partial charge in [0, 0.05) is 11.1 Å². The highest BCUT2D eigenvalue weighted by Crippen LogP contribution is 2.25. The number of rotatable bonds is 2.